The highest BCUT2D eigenvalue weighted by atomic mass is 19.1. The Bertz CT molecular complexity index is 745. The second-order valence-corrected chi connectivity index (χ2v) is 5.13. The number of nitrogens with zero attached hydrogens (tertiary/aromatic N) is 1. The number of carbonyl (C=O) groups is 2. The predicted molar refractivity (Wildman–Crippen MR) is 87.7 cm³/mol. The second-order valence-electron chi connectivity index (χ2n) is 5.13. The number of halogens is 1. The predicted octanol–water partition coefficient (Wildman–Crippen LogP) is 3.12. The number of amides is 1. The summed E-state index contributed by atoms with van der Waals surface area (Å²) < 4.78 is 13.4. The molecule has 1 heterocycles. The molecule has 1 aromatic carbocycles. The Morgan fingerprint density at radius 2 is 2.22 bits per heavy atom. The number of hydrogen-bond donors (Lipinski definition) is 1. The number of allylic oxidation sites excluding steroid dienone is 4. The Morgan fingerprint density at radius 1 is 1.43 bits per heavy atom. The van der Waals surface area contributed by atoms with Gasteiger partial charge in [0.05, 0.1) is 17.7 Å². The van der Waals surface area contributed by atoms with E-state index in [-0.39, 0.29) is 17.9 Å². The van der Waals surface area contributed by atoms with Crippen molar-refractivity contribution in [1.82, 2.24) is 5.43 Å². The van der Waals surface area contributed by atoms with Gasteiger partial charge in [0.25, 0.3) is 0 Å². The largest absolute Gasteiger partial charge is 0.298 e. The lowest BCUT2D eigenvalue weighted by Gasteiger charge is -2.10. The Balaban J connectivity index is 2.38. The topological polar surface area (TPSA) is 58.5 Å². The maximum Gasteiger partial charge on any atom is 0.244 e. The number of carbonyl (C=O) groups excluding carboxylic acids is 2. The van der Waals surface area contributed by atoms with Gasteiger partial charge in [-0.2, -0.15) is 5.10 Å². The Labute approximate surface area is 134 Å². The molecule has 0 spiro atoms. The molecular formula is C18H17FN2O2. The number of aldehydes is 1. The van der Waals surface area contributed by atoms with Crippen molar-refractivity contribution in [3.63, 3.8) is 0 Å². The van der Waals surface area contributed by atoms with Crippen molar-refractivity contribution in [3.8, 4) is 0 Å². The van der Waals surface area contributed by atoms with Gasteiger partial charge in [-0.15, -0.1) is 0 Å². The molecule has 0 fully saturated rings. The van der Waals surface area contributed by atoms with Crippen molar-refractivity contribution in [3.05, 3.63) is 71.1 Å². The summed E-state index contributed by atoms with van der Waals surface area (Å²) in [7, 11) is 0. The van der Waals surface area contributed by atoms with Gasteiger partial charge in [0.1, 0.15) is 5.82 Å². The van der Waals surface area contributed by atoms with Crippen molar-refractivity contribution in [2.24, 2.45) is 5.10 Å². The Hall–Kier alpha value is -2.82. The molecule has 0 unspecified atom stereocenters. The van der Waals surface area contributed by atoms with Gasteiger partial charge in [0.15, 0.2) is 6.29 Å². The first-order valence-corrected chi connectivity index (χ1v) is 7.15. The van der Waals surface area contributed by atoms with Crippen LogP contribution in [-0.4, -0.2) is 17.9 Å². The van der Waals surface area contributed by atoms with Gasteiger partial charge in [0.2, 0.25) is 5.91 Å². The lowest BCUT2D eigenvalue weighted by atomic mass is 9.94. The average Bonchev–Trinajstić information content (AvgIpc) is 2.66. The van der Waals surface area contributed by atoms with Crippen LogP contribution in [0.5, 0.6) is 0 Å². The van der Waals surface area contributed by atoms with Crippen LogP contribution in [0.15, 0.2) is 59.3 Å². The van der Waals surface area contributed by atoms with E-state index in [0.29, 0.717) is 24.0 Å². The molecule has 0 saturated carbocycles. The molecule has 0 atom stereocenters. The molecule has 1 N–H and O–H groups in total. The molecule has 0 bridgehead atoms. The number of hydrazone groups is 1. The molecule has 2 rings (SSSR count). The van der Waals surface area contributed by atoms with E-state index in [1.807, 2.05) is 25.2 Å². The van der Waals surface area contributed by atoms with Crippen molar-refractivity contribution >= 4 is 17.9 Å². The SMILES string of the molecule is C=C1CC(=O)NN=C(Cc2ccc(F)c(C=O)c2)/C1=C/C=C\C. The van der Waals surface area contributed by atoms with Gasteiger partial charge in [-0.3, -0.25) is 9.59 Å². The molecule has 0 saturated heterocycles. The molecule has 5 heteroatoms. The maximum atomic E-state index is 13.4. The summed E-state index contributed by atoms with van der Waals surface area (Å²) >= 11 is 0. The molecule has 23 heavy (non-hydrogen) atoms. The molecule has 1 amide bonds. The Kier molecular flexibility index (Phi) is 5.36. The van der Waals surface area contributed by atoms with Crippen LogP contribution in [0.25, 0.3) is 0 Å². The summed E-state index contributed by atoms with van der Waals surface area (Å²) in [5, 5.41) is 4.13. The third-order valence-corrected chi connectivity index (χ3v) is 3.40. The third-order valence-electron chi connectivity index (χ3n) is 3.40. The molecule has 0 radical (unpaired) electrons. The summed E-state index contributed by atoms with van der Waals surface area (Å²) in [6, 6.07) is 4.32. The molecule has 0 aliphatic carbocycles. The first-order valence-electron chi connectivity index (χ1n) is 7.15. The Morgan fingerprint density at radius 3 is 2.91 bits per heavy atom. The van der Waals surface area contributed by atoms with Crippen LogP contribution in [0.3, 0.4) is 0 Å². The molecular weight excluding hydrogens is 295 g/mol. The number of nitrogens with one attached hydrogen (secondary N) is 1. The fourth-order valence-electron chi connectivity index (χ4n) is 2.25. The zero-order chi connectivity index (χ0) is 16.8. The smallest absolute Gasteiger partial charge is 0.244 e. The summed E-state index contributed by atoms with van der Waals surface area (Å²) in [4.78, 5) is 22.5. The fourth-order valence-corrected chi connectivity index (χ4v) is 2.25. The lowest BCUT2D eigenvalue weighted by Crippen LogP contribution is -2.16. The summed E-state index contributed by atoms with van der Waals surface area (Å²) in [5.74, 6) is -0.794. The van der Waals surface area contributed by atoms with E-state index in [2.05, 4.69) is 17.1 Å². The van der Waals surface area contributed by atoms with E-state index in [0.717, 1.165) is 11.1 Å². The molecule has 1 aromatic rings. The normalized spacial score (nSPS) is 17.1. The zero-order valence-corrected chi connectivity index (χ0v) is 12.8. The summed E-state index contributed by atoms with van der Waals surface area (Å²) in [5.41, 5.74) is 5.23. The van der Waals surface area contributed by atoms with E-state index >= 15 is 0 Å². The van der Waals surface area contributed by atoms with Crippen LogP contribution < -0.4 is 5.43 Å². The number of rotatable bonds is 4. The third kappa shape index (κ3) is 4.10. The van der Waals surface area contributed by atoms with Crippen LogP contribution in [0.2, 0.25) is 0 Å². The first-order chi connectivity index (χ1) is 11.0. The summed E-state index contributed by atoms with van der Waals surface area (Å²) in [6.07, 6.45) is 6.54. The van der Waals surface area contributed by atoms with Gasteiger partial charge >= 0.3 is 0 Å². The molecule has 4 nitrogen and oxygen atoms in total. The van der Waals surface area contributed by atoms with E-state index in [4.69, 9.17) is 0 Å². The van der Waals surface area contributed by atoms with Gasteiger partial charge in [0, 0.05) is 12.0 Å². The van der Waals surface area contributed by atoms with Gasteiger partial charge in [-0.05, 0) is 30.2 Å². The standard InChI is InChI=1S/C18H17FN2O2/c1-3-4-5-15-12(2)8-18(23)21-20-17(15)10-13-6-7-16(19)14(9-13)11-22/h3-7,9,11H,2,8,10H2,1H3,(H,21,23)/b4-3-,15-5+. The van der Waals surface area contributed by atoms with E-state index in [1.165, 1.54) is 12.1 Å². The van der Waals surface area contributed by atoms with Crippen molar-refractivity contribution in [2.75, 3.05) is 0 Å². The van der Waals surface area contributed by atoms with Crippen LogP contribution in [0, 0.1) is 5.82 Å². The second kappa shape index (κ2) is 7.45. The zero-order valence-electron chi connectivity index (χ0n) is 12.8. The minimum absolute atomic E-state index is 0.00133. The van der Waals surface area contributed by atoms with E-state index < -0.39 is 5.82 Å². The van der Waals surface area contributed by atoms with Gasteiger partial charge < -0.3 is 0 Å². The lowest BCUT2D eigenvalue weighted by molar-refractivity contribution is -0.120. The van der Waals surface area contributed by atoms with Gasteiger partial charge in [-0.25, -0.2) is 9.82 Å². The van der Waals surface area contributed by atoms with Gasteiger partial charge in [-0.1, -0.05) is 30.9 Å². The van der Waals surface area contributed by atoms with Crippen molar-refractivity contribution in [2.45, 2.75) is 19.8 Å². The van der Waals surface area contributed by atoms with E-state index in [9.17, 15) is 14.0 Å². The highest BCUT2D eigenvalue weighted by molar-refractivity contribution is 6.07. The first kappa shape index (κ1) is 16.5. The van der Waals surface area contributed by atoms with Crippen LogP contribution >= 0.6 is 0 Å². The molecule has 1 aliphatic heterocycles. The molecule has 1 aliphatic rings. The van der Waals surface area contributed by atoms with Crippen molar-refractivity contribution in [1.29, 1.82) is 0 Å². The van der Waals surface area contributed by atoms with Crippen LogP contribution in [-0.2, 0) is 11.2 Å². The number of benzene rings is 1. The van der Waals surface area contributed by atoms with Crippen molar-refractivity contribution < 1.29 is 14.0 Å². The van der Waals surface area contributed by atoms with E-state index in [1.54, 1.807) is 6.07 Å². The maximum absolute atomic E-state index is 13.4. The molecule has 0 aromatic heterocycles. The quantitative estimate of drug-likeness (QED) is 0.868. The monoisotopic (exact) mass is 312 g/mol. The van der Waals surface area contributed by atoms with Crippen LogP contribution in [0.1, 0.15) is 29.3 Å². The summed E-state index contributed by atoms with van der Waals surface area (Å²) in [6.45, 7) is 5.82. The average molecular weight is 312 g/mol. The number of hydrogen-bond acceptors (Lipinski definition) is 3. The minimum atomic E-state index is -0.561. The van der Waals surface area contributed by atoms with Crippen LogP contribution in [0.4, 0.5) is 4.39 Å². The minimum Gasteiger partial charge on any atom is -0.298 e. The fraction of sp³-hybridized carbons (Fsp3) is 0.167. The molecule has 118 valence electrons. The highest BCUT2D eigenvalue weighted by Crippen LogP contribution is 2.20. The highest BCUT2D eigenvalue weighted by Gasteiger charge is 2.18.